The Kier molecular flexibility index (Phi) is 4.92. The molecular formula is C12H17N3S. The van der Waals surface area contributed by atoms with Crippen molar-refractivity contribution in [2.75, 3.05) is 0 Å². The second kappa shape index (κ2) is 6.23. The summed E-state index contributed by atoms with van der Waals surface area (Å²) < 4.78 is 0. The third kappa shape index (κ3) is 2.79. The van der Waals surface area contributed by atoms with E-state index in [9.17, 15) is 0 Å². The molecule has 0 amide bonds. The van der Waals surface area contributed by atoms with Crippen LogP contribution in [0, 0.1) is 0 Å². The number of unbranched alkanes of at least 4 members (excludes halogenated alkanes) is 1. The molecule has 0 saturated carbocycles. The van der Waals surface area contributed by atoms with Gasteiger partial charge >= 0.3 is 0 Å². The topological polar surface area (TPSA) is 54.2 Å². The van der Waals surface area contributed by atoms with Crippen molar-refractivity contribution in [3.05, 3.63) is 29.3 Å². The highest BCUT2D eigenvalue weighted by molar-refractivity contribution is 7.83. The van der Waals surface area contributed by atoms with Crippen LogP contribution >= 0.6 is 12.6 Å². The van der Waals surface area contributed by atoms with E-state index < -0.39 is 0 Å². The summed E-state index contributed by atoms with van der Waals surface area (Å²) in [5, 5.41) is 1.57. The third-order valence-electron chi connectivity index (χ3n) is 2.19. The quantitative estimate of drug-likeness (QED) is 0.532. The van der Waals surface area contributed by atoms with Crippen molar-refractivity contribution >= 4 is 36.4 Å². The minimum absolute atomic E-state index is 0.603. The smallest absolute Gasteiger partial charge is 0.137 e. The molecule has 3 nitrogen and oxygen atoms in total. The van der Waals surface area contributed by atoms with Crippen LogP contribution in [0.25, 0.3) is 11.8 Å². The monoisotopic (exact) mass is 235 g/mol. The second-order valence-corrected chi connectivity index (χ2v) is 3.61. The van der Waals surface area contributed by atoms with E-state index in [-0.39, 0.29) is 0 Å². The Morgan fingerprint density at radius 2 is 2.44 bits per heavy atom. The summed E-state index contributed by atoms with van der Waals surface area (Å²) in [5.41, 5.74) is 8.20. The fraction of sp³-hybridized carbons (Fsp3) is 0.250. The average molecular weight is 235 g/mol. The number of thiol groups is 1. The van der Waals surface area contributed by atoms with Gasteiger partial charge in [0, 0.05) is 29.2 Å². The Labute approximate surface area is 102 Å². The number of nitrogens with one attached hydrogen (secondary N) is 1. The molecule has 0 bridgehead atoms. The Bertz CT molecular complexity index is 416. The van der Waals surface area contributed by atoms with E-state index in [1.165, 1.54) is 0 Å². The van der Waals surface area contributed by atoms with Crippen molar-refractivity contribution in [2.24, 2.45) is 10.7 Å². The first-order valence-corrected chi connectivity index (χ1v) is 5.72. The lowest BCUT2D eigenvalue weighted by Gasteiger charge is -1.99. The van der Waals surface area contributed by atoms with Crippen LogP contribution in [-0.4, -0.2) is 11.2 Å². The summed E-state index contributed by atoms with van der Waals surface area (Å²) in [7, 11) is 0. The second-order valence-electron chi connectivity index (χ2n) is 3.35. The number of H-pyrrole nitrogens is 1. The molecule has 4 heteroatoms. The van der Waals surface area contributed by atoms with Gasteiger partial charge in [-0.05, 0) is 11.8 Å². The van der Waals surface area contributed by atoms with Gasteiger partial charge in [-0.3, -0.25) is 0 Å². The number of nitrogens with two attached hydrogens (primary N) is 1. The number of aliphatic imine (C=N–C) groups is 1. The number of aromatic nitrogens is 1. The number of nitrogens with zero attached hydrogens (tertiary/aromatic N) is 1. The molecule has 0 aliphatic rings. The summed E-state index contributed by atoms with van der Waals surface area (Å²) in [5.74, 6) is 0.789. The van der Waals surface area contributed by atoms with Gasteiger partial charge in [0.25, 0.3) is 0 Å². The molecule has 0 spiro atoms. The zero-order chi connectivity index (χ0) is 12.0. The maximum Gasteiger partial charge on any atom is 0.137 e. The minimum atomic E-state index is 0.603. The van der Waals surface area contributed by atoms with E-state index in [0.717, 1.165) is 29.8 Å². The first-order chi connectivity index (χ1) is 7.74. The van der Waals surface area contributed by atoms with Gasteiger partial charge < -0.3 is 10.7 Å². The van der Waals surface area contributed by atoms with E-state index in [1.54, 1.807) is 11.5 Å². The molecular weight excluding hydrogens is 218 g/mol. The Balaban J connectivity index is 3.04. The lowest BCUT2D eigenvalue weighted by molar-refractivity contribution is 1.01. The molecule has 1 heterocycles. The standard InChI is InChI=1S/C12H17N3S/c1-3-5-6-14-12-9(4-2)10(7-15-12)11(13)8-16/h4,6-8,15-16H,2-3,5,13H2,1H3/b11-8-,14-6?. The minimum Gasteiger partial charge on any atom is -0.398 e. The van der Waals surface area contributed by atoms with Gasteiger partial charge in [-0.25, -0.2) is 4.99 Å². The van der Waals surface area contributed by atoms with Crippen LogP contribution in [0.2, 0.25) is 0 Å². The molecule has 0 aliphatic carbocycles. The molecule has 86 valence electrons. The molecule has 16 heavy (non-hydrogen) atoms. The number of aromatic amines is 1. The van der Waals surface area contributed by atoms with Gasteiger partial charge in [0.15, 0.2) is 0 Å². The summed E-state index contributed by atoms with van der Waals surface area (Å²) >= 11 is 4.03. The first kappa shape index (κ1) is 12.6. The molecule has 1 rings (SSSR count). The highest BCUT2D eigenvalue weighted by Crippen LogP contribution is 2.26. The van der Waals surface area contributed by atoms with E-state index in [2.05, 4.69) is 36.1 Å². The van der Waals surface area contributed by atoms with Crippen LogP contribution in [0.3, 0.4) is 0 Å². The number of hydrogen-bond donors (Lipinski definition) is 3. The first-order valence-electron chi connectivity index (χ1n) is 5.21. The predicted octanol–water partition coefficient (Wildman–Crippen LogP) is 3.35. The van der Waals surface area contributed by atoms with Crippen LogP contribution in [-0.2, 0) is 0 Å². The van der Waals surface area contributed by atoms with Crippen LogP contribution in [0.15, 0.2) is 23.2 Å². The molecule has 0 atom stereocenters. The predicted molar refractivity (Wildman–Crippen MR) is 75.1 cm³/mol. The Morgan fingerprint density at radius 1 is 1.69 bits per heavy atom. The summed E-state index contributed by atoms with van der Waals surface area (Å²) in [6.45, 7) is 5.88. The van der Waals surface area contributed by atoms with Gasteiger partial charge in [0.2, 0.25) is 0 Å². The van der Waals surface area contributed by atoms with Crippen molar-refractivity contribution in [1.29, 1.82) is 0 Å². The molecule has 0 aliphatic heterocycles. The van der Waals surface area contributed by atoms with Crippen LogP contribution in [0.5, 0.6) is 0 Å². The number of hydrogen-bond acceptors (Lipinski definition) is 3. The van der Waals surface area contributed by atoms with E-state index in [4.69, 9.17) is 5.73 Å². The Hall–Kier alpha value is -1.42. The SMILES string of the molecule is C=Cc1c(/C(N)=C/S)c[nH]c1N=CCCC. The van der Waals surface area contributed by atoms with Gasteiger partial charge in [-0.1, -0.05) is 26.0 Å². The molecule has 0 radical (unpaired) electrons. The lowest BCUT2D eigenvalue weighted by atomic mass is 10.1. The number of rotatable bonds is 5. The lowest BCUT2D eigenvalue weighted by Crippen LogP contribution is -1.94. The van der Waals surface area contributed by atoms with Crippen LogP contribution in [0.1, 0.15) is 30.9 Å². The molecule has 0 fully saturated rings. The van der Waals surface area contributed by atoms with Crippen molar-refractivity contribution < 1.29 is 0 Å². The fourth-order valence-electron chi connectivity index (χ4n) is 1.33. The van der Waals surface area contributed by atoms with Gasteiger partial charge in [-0.2, -0.15) is 0 Å². The summed E-state index contributed by atoms with van der Waals surface area (Å²) in [4.78, 5) is 7.42. The summed E-state index contributed by atoms with van der Waals surface area (Å²) in [6, 6.07) is 0. The van der Waals surface area contributed by atoms with Gasteiger partial charge in [-0.15, -0.1) is 12.6 Å². The molecule has 0 aromatic carbocycles. The van der Waals surface area contributed by atoms with Crippen molar-refractivity contribution in [1.82, 2.24) is 4.98 Å². The van der Waals surface area contributed by atoms with E-state index >= 15 is 0 Å². The maximum absolute atomic E-state index is 5.80. The fourth-order valence-corrected chi connectivity index (χ4v) is 1.47. The van der Waals surface area contributed by atoms with Crippen molar-refractivity contribution in [2.45, 2.75) is 19.8 Å². The molecule has 0 saturated heterocycles. The molecule has 3 N–H and O–H groups in total. The third-order valence-corrected chi connectivity index (χ3v) is 2.47. The van der Waals surface area contributed by atoms with Crippen LogP contribution < -0.4 is 5.73 Å². The highest BCUT2D eigenvalue weighted by Gasteiger charge is 2.08. The average Bonchev–Trinajstić information content (AvgIpc) is 2.71. The highest BCUT2D eigenvalue weighted by atomic mass is 32.1. The molecule has 1 aromatic heterocycles. The van der Waals surface area contributed by atoms with E-state index in [1.807, 2.05) is 12.4 Å². The van der Waals surface area contributed by atoms with Crippen molar-refractivity contribution in [3.8, 4) is 0 Å². The Morgan fingerprint density at radius 3 is 3.00 bits per heavy atom. The normalized spacial score (nSPS) is 12.2. The van der Waals surface area contributed by atoms with Gasteiger partial charge in [0.1, 0.15) is 5.82 Å². The maximum atomic E-state index is 5.80. The van der Waals surface area contributed by atoms with Crippen molar-refractivity contribution in [3.63, 3.8) is 0 Å². The summed E-state index contributed by atoms with van der Waals surface area (Å²) in [6.07, 6.45) is 7.50. The van der Waals surface area contributed by atoms with Crippen LogP contribution in [0.4, 0.5) is 5.82 Å². The van der Waals surface area contributed by atoms with E-state index in [0.29, 0.717) is 5.70 Å². The van der Waals surface area contributed by atoms with Gasteiger partial charge in [0.05, 0.1) is 0 Å². The molecule has 1 aromatic rings. The largest absolute Gasteiger partial charge is 0.398 e. The zero-order valence-electron chi connectivity index (χ0n) is 9.40. The zero-order valence-corrected chi connectivity index (χ0v) is 10.3. The molecule has 0 unspecified atom stereocenters.